The second kappa shape index (κ2) is 8.07. The summed E-state index contributed by atoms with van der Waals surface area (Å²) in [6.45, 7) is 0.475. The van der Waals surface area contributed by atoms with E-state index in [4.69, 9.17) is 4.74 Å². The Morgan fingerprint density at radius 3 is 2.69 bits per heavy atom. The summed E-state index contributed by atoms with van der Waals surface area (Å²) in [4.78, 5) is 15.3. The van der Waals surface area contributed by atoms with Crippen molar-refractivity contribution in [2.45, 2.75) is 32.4 Å². The second-order valence-electron chi connectivity index (χ2n) is 6.76. The molecule has 0 aromatic heterocycles. The van der Waals surface area contributed by atoms with E-state index in [0.29, 0.717) is 37.9 Å². The van der Waals surface area contributed by atoms with E-state index in [-0.39, 0.29) is 24.3 Å². The normalized spacial score (nSPS) is 20.4. The average Bonchev–Trinajstić information content (AvgIpc) is 3.44. The van der Waals surface area contributed by atoms with Crippen molar-refractivity contribution in [3.8, 4) is 11.5 Å². The van der Waals surface area contributed by atoms with Gasteiger partial charge in [0.05, 0.1) is 19.3 Å². The molecule has 1 saturated heterocycles. The van der Waals surface area contributed by atoms with Gasteiger partial charge in [-0.15, -0.1) is 0 Å². The fourth-order valence-electron chi connectivity index (χ4n) is 3.15. The van der Waals surface area contributed by atoms with Gasteiger partial charge in [-0.3, -0.25) is 4.79 Å². The van der Waals surface area contributed by atoms with Crippen LogP contribution in [0.25, 0.3) is 0 Å². The van der Waals surface area contributed by atoms with Gasteiger partial charge in [0.15, 0.2) is 11.5 Å². The summed E-state index contributed by atoms with van der Waals surface area (Å²) in [6, 6.07) is 4.57. The minimum absolute atomic E-state index is 0.0190. The topological polar surface area (TPSA) is 62.2 Å². The quantitative estimate of drug-likeness (QED) is 0.797. The highest BCUT2D eigenvalue weighted by molar-refractivity contribution is 5.74. The number of carbonyl (C=O) groups is 1. The van der Waals surface area contributed by atoms with Gasteiger partial charge in [-0.25, -0.2) is 0 Å². The Bertz CT molecular complexity index is 640. The molecule has 1 aliphatic heterocycles. The Kier molecular flexibility index (Phi) is 5.80. The number of hydrogen-bond donors (Lipinski definition) is 1. The molecule has 26 heavy (non-hydrogen) atoms. The Balaban J connectivity index is 1.76. The number of amides is 1. The molecule has 1 heterocycles. The number of halogens is 2. The minimum Gasteiger partial charge on any atom is -0.489 e. The van der Waals surface area contributed by atoms with E-state index in [0.717, 1.165) is 18.5 Å². The fraction of sp³-hybridized carbons (Fsp3) is 0.611. The third-order valence-electron chi connectivity index (χ3n) is 4.78. The van der Waals surface area contributed by atoms with Gasteiger partial charge in [0.25, 0.3) is 0 Å². The average molecular weight is 370 g/mol. The molecule has 8 heteroatoms. The number of nitrogens with zero attached hydrogens (tertiary/aromatic N) is 2. The third kappa shape index (κ3) is 4.55. The number of benzene rings is 1. The zero-order chi connectivity index (χ0) is 18.7. The predicted octanol–water partition coefficient (Wildman–Crippen LogP) is 2.11. The first kappa shape index (κ1) is 18.7. The number of hydrogen-bond acceptors (Lipinski definition) is 5. The van der Waals surface area contributed by atoms with E-state index in [2.05, 4.69) is 4.74 Å². The Morgan fingerprint density at radius 2 is 2.08 bits per heavy atom. The molecule has 0 radical (unpaired) electrons. The molecule has 1 aromatic rings. The largest absolute Gasteiger partial charge is 0.489 e. The summed E-state index contributed by atoms with van der Waals surface area (Å²) in [7, 11) is 0. The lowest BCUT2D eigenvalue weighted by Crippen LogP contribution is -2.56. The van der Waals surface area contributed by atoms with Crippen LogP contribution < -0.4 is 14.4 Å². The van der Waals surface area contributed by atoms with Crippen LogP contribution in [0.3, 0.4) is 0 Å². The van der Waals surface area contributed by atoms with E-state index in [9.17, 15) is 18.7 Å². The minimum atomic E-state index is -2.91. The monoisotopic (exact) mass is 370 g/mol. The Hall–Kier alpha value is -2.09. The highest BCUT2D eigenvalue weighted by Crippen LogP contribution is 2.36. The molecule has 0 bridgehead atoms. The number of piperazine rings is 1. The number of anilines is 1. The van der Waals surface area contributed by atoms with Crippen molar-refractivity contribution in [3.05, 3.63) is 18.2 Å². The van der Waals surface area contributed by atoms with Crippen LogP contribution in [-0.2, 0) is 4.79 Å². The first-order chi connectivity index (χ1) is 12.5. The Labute approximate surface area is 151 Å². The summed E-state index contributed by atoms with van der Waals surface area (Å²) in [5.41, 5.74) is 0.791. The highest BCUT2D eigenvalue weighted by atomic mass is 19.3. The molecule has 1 aliphatic carbocycles. The summed E-state index contributed by atoms with van der Waals surface area (Å²) in [5, 5.41) is 9.58. The molecule has 1 unspecified atom stereocenters. The lowest BCUT2D eigenvalue weighted by molar-refractivity contribution is -0.132. The smallest absolute Gasteiger partial charge is 0.387 e. The molecule has 1 aromatic carbocycles. The van der Waals surface area contributed by atoms with E-state index in [1.807, 2.05) is 4.90 Å². The van der Waals surface area contributed by atoms with E-state index in [1.54, 1.807) is 17.0 Å². The van der Waals surface area contributed by atoms with Crippen molar-refractivity contribution in [3.63, 3.8) is 0 Å². The van der Waals surface area contributed by atoms with Gasteiger partial charge in [0, 0.05) is 38.3 Å². The van der Waals surface area contributed by atoms with Crippen molar-refractivity contribution < 1.29 is 28.2 Å². The van der Waals surface area contributed by atoms with Gasteiger partial charge < -0.3 is 24.4 Å². The number of aliphatic hydroxyl groups is 1. The van der Waals surface area contributed by atoms with Crippen LogP contribution in [0, 0.1) is 5.92 Å². The van der Waals surface area contributed by atoms with Crippen LogP contribution in [-0.4, -0.2) is 61.4 Å². The number of carbonyl (C=O) groups excluding carboxylic acids is 1. The molecule has 1 atom stereocenters. The molecular formula is C18H24F2N2O4. The van der Waals surface area contributed by atoms with Crippen molar-refractivity contribution in [1.29, 1.82) is 0 Å². The summed E-state index contributed by atoms with van der Waals surface area (Å²) < 4.78 is 35.5. The molecule has 2 fully saturated rings. The SMILES string of the molecule is CC(=O)N1CCN(c2ccc(OC(F)F)c(OCC3CC3)c2)CC1CO. The first-order valence-electron chi connectivity index (χ1n) is 8.82. The molecule has 1 saturated carbocycles. The van der Waals surface area contributed by atoms with Crippen molar-refractivity contribution in [2.75, 3.05) is 37.7 Å². The van der Waals surface area contributed by atoms with Gasteiger partial charge in [-0.2, -0.15) is 8.78 Å². The molecule has 3 rings (SSSR count). The maximum Gasteiger partial charge on any atom is 0.387 e. The molecule has 2 aliphatic rings. The van der Waals surface area contributed by atoms with Gasteiger partial charge in [0.2, 0.25) is 5.91 Å². The van der Waals surface area contributed by atoms with Crippen LogP contribution in [0.5, 0.6) is 11.5 Å². The van der Waals surface area contributed by atoms with Crippen LogP contribution in [0.1, 0.15) is 19.8 Å². The zero-order valence-electron chi connectivity index (χ0n) is 14.7. The molecule has 1 amide bonds. The summed E-state index contributed by atoms with van der Waals surface area (Å²) in [5.74, 6) is 0.725. The lowest BCUT2D eigenvalue weighted by Gasteiger charge is -2.41. The first-order valence-corrected chi connectivity index (χ1v) is 8.82. The van der Waals surface area contributed by atoms with Gasteiger partial charge >= 0.3 is 6.61 Å². The lowest BCUT2D eigenvalue weighted by atomic mass is 10.1. The van der Waals surface area contributed by atoms with Gasteiger partial charge in [-0.05, 0) is 30.9 Å². The molecule has 6 nitrogen and oxygen atoms in total. The van der Waals surface area contributed by atoms with Gasteiger partial charge in [-0.1, -0.05) is 0 Å². The number of aliphatic hydroxyl groups excluding tert-OH is 1. The highest BCUT2D eigenvalue weighted by Gasteiger charge is 2.29. The van der Waals surface area contributed by atoms with Crippen LogP contribution >= 0.6 is 0 Å². The summed E-state index contributed by atoms with van der Waals surface area (Å²) in [6.07, 6.45) is 2.19. The van der Waals surface area contributed by atoms with Crippen molar-refractivity contribution in [1.82, 2.24) is 4.90 Å². The zero-order valence-corrected chi connectivity index (χ0v) is 14.7. The molecule has 1 N–H and O–H groups in total. The van der Waals surface area contributed by atoms with Crippen molar-refractivity contribution >= 4 is 11.6 Å². The number of rotatable bonds is 7. The Morgan fingerprint density at radius 1 is 1.31 bits per heavy atom. The van der Waals surface area contributed by atoms with E-state index < -0.39 is 6.61 Å². The summed E-state index contributed by atoms with van der Waals surface area (Å²) >= 11 is 0. The van der Waals surface area contributed by atoms with Crippen LogP contribution in [0.15, 0.2) is 18.2 Å². The van der Waals surface area contributed by atoms with E-state index >= 15 is 0 Å². The number of ether oxygens (including phenoxy) is 2. The van der Waals surface area contributed by atoms with Crippen LogP contribution in [0.4, 0.5) is 14.5 Å². The predicted molar refractivity (Wildman–Crippen MR) is 91.8 cm³/mol. The second-order valence-corrected chi connectivity index (χ2v) is 6.76. The molecule has 0 spiro atoms. The van der Waals surface area contributed by atoms with E-state index in [1.165, 1.54) is 13.0 Å². The maximum absolute atomic E-state index is 12.6. The van der Waals surface area contributed by atoms with Gasteiger partial charge in [0.1, 0.15) is 0 Å². The van der Waals surface area contributed by atoms with Crippen molar-refractivity contribution in [2.24, 2.45) is 5.92 Å². The number of alkyl halides is 2. The molecular weight excluding hydrogens is 346 g/mol. The standard InChI is InChI=1S/C18H24F2N2O4/c1-12(24)22-7-6-21(9-15(22)10-23)14-4-5-16(26-18(19)20)17(8-14)25-11-13-2-3-13/h4-5,8,13,15,18,23H,2-3,6-7,9-11H2,1H3. The maximum atomic E-state index is 12.6. The molecule has 144 valence electrons. The van der Waals surface area contributed by atoms with Crippen LogP contribution in [0.2, 0.25) is 0 Å². The third-order valence-corrected chi connectivity index (χ3v) is 4.78. The fourth-order valence-corrected chi connectivity index (χ4v) is 3.15.